The number of benzene rings is 4. The van der Waals surface area contributed by atoms with Crippen LogP contribution in [0, 0.1) is 11.8 Å². The summed E-state index contributed by atoms with van der Waals surface area (Å²) in [4.78, 5) is 0. The Kier molecular flexibility index (Phi) is 7.62. The third kappa shape index (κ3) is 5.28. The smallest absolute Gasteiger partial charge is 0.119 e. The van der Waals surface area contributed by atoms with Gasteiger partial charge in [0.15, 0.2) is 0 Å². The minimum Gasteiger partial charge on any atom is -0.497 e. The number of hydrazine groups is 2. The van der Waals surface area contributed by atoms with Crippen molar-refractivity contribution in [3.63, 3.8) is 0 Å². The lowest BCUT2D eigenvalue weighted by atomic mass is 9.86. The number of hydrogen-bond donors (Lipinski definition) is 0. The first-order chi connectivity index (χ1) is 22.7. The number of rotatable bonds is 6. The van der Waals surface area contributed by atoms with Crippen LogP contribution in [0.3, 0.4) is 0 Å². The molecule has 6 fully saturated rings. The predicted molar refractivity (Wildman–Crippen MR) is 187 cm³/mol. The van der Waals surface area contributed by atoms with Gasteiger partial charge in [0.05, 0.1) is 61.1 Å². The first-order valence-corrected chi connectivity index (χ1v) is 16.9. The van der Waals surface area contributed by atoms with E-state index in [1.165, 1.54) is 74.1 Å². The van der Waals surface area contributed by atoms with Crippen LogP contribution in [0.25, 0.3) is 0 Å². The molecule has 6 heteroatoms. The van der Waals surface area contributed by atoms with E-state index >= 15 is 0 Å². The highest BCUT2D eigenvalue weighted by molar-refractivity contribution is 5.64. The Balaban J connectivity index is 0.996. The summed E-state index contributed by atoms with van der Waals surface area (Å²) in [5.41, 5.74) is 6.99. The highest BCUT2D eigenvalue weighted by Crippen LogP contribution is 2.43. The third-order valence-electron chi connectivity index (χ3n) is 10.5. The molecule has 2 saturated carbocycles. The number of hydrogen-bond acceptors (Lipinski definition) is 6. The van der Waals surface area contributed by atoms with Gasteiger partial charge in [-0.05, 0) is 148 Å². The van der Waals surface area contributed by atoms with E-state index in [0.717, 1.165) is 22.6 Å². The summed E-state index contributed by atoms with van der Waals surface area (Å²) in [5.74, 6) is 8.63. The lowest BCUT2D eigenvalue weighted by molar-refractivity contribution is 0.284. The van der Waals surface area contributed by atoms with Crippen molar-refractivity contribution in [3.8, 4) is 23.3 Å². The van der Waals surface area contributed by atoms with Gasteiger partial charge < -0.3 is 9.47 Å². The molecule has 4 bridgehead atoms. The summed E-state index contributed by atoms with van der Waals surface area (Å²) in [7, 11) is 3.44. The molecule has 0 amide bonds. The summed E-state index contributed by atoms with van der Waals surface area (Å²) in [6.45, 7) is 0. The van der Waals surface area contributed by atoms with Crippen LogP contribution in [0.2, 0.25) is 0 Å². The van der Waals surface area contributed by atoms with Gasteiger partial charge in [-0.1, -0.05) is 11.8 Å². The van der Waals surface area contributed by atoms with Crippen LogP contribution in [-0.2, 0) is 0 Å². The van der Waals surface area contributed by atoms with Crippen molar-refractivity contribution < 1.29 is 9.47 Å². The number of fused-ring (bicyclic) bond motifs is 6. The van der Waals surface area contributed by atoms with E-state index in [9.17, 15) is 0 Å². The van der Waals surface area contributed by atoms with Gasteiger partial charge in [0.25, 0.3) is 0 Å². The molecule has 234 valence electrons. The van der Waals surface area contributed by atoms with Crippen LogP contribution in [0.4, 0.5) is 22.7 Å². The maximum absolute atomic E-state index is 5.42. The zero-order valence-corrected chi connectivity index (χ0v) is 26.8. The molecule has 4 aromatic rings. The van der Waals surface area contributed by atoms with Gasteiger partial charge in [-0.25, -0.2) is 0 Å². The van der Waals surface area contributed by atoms with Gasteiger partial charge in [0, 0.05) is 11.1 Å². The average molecular weight is 611 g/mol. The first-order valence-electron chi connectivity index (χ1n) is 16.9. The topological polar surface area (TPSA) is 31.4 Å². The van der Waals surface area contributed by atoms with Gasteiger partial charge in [-0.3, -0.25) is 20.0 Å². The van der Waals surface area contributed by atoms with E-state index < -0.39 is 0 Å². The fourth-order valence-electron chi connectivity index (χ4n) is 8.15. The highest BCUT2D eigenvalue weighted by atomic mass is 16.5. The minimum atomic E-state index is 0.526. The Morgan fingerprint density at radius 3 is 0.870 bits per heavy atom. The predicted octanol–water partition coefficient (Wildman–Crippen LogP) is 8.21. The third-order valence-corrected chi connectivity index (χ3v) is 10.5. The molecule has 10 rings (SSSR count). The Hall–Kier alpha value is -4.76. The maximum Gasteiger partial charge on any atom is 0.119 e. The van der Waals surface area contributed by atoms with Crippen molar-refractivity contribution in [1.29, 1.82) is 0 Å². The van der Waals surface area contributed by atoms with E-state index in [0.29, 0.717) is 24.2 Å². The van der Waals surface area contributed by atoms with Crippen molar-refractivity contribution in [2.24, 2.45) is 0 Å². The second kappa shape index (κ2) is 12.2. The fourth-order valence-corrected chi connectivity index (χ4v) is 8.15. The lowest BCUT2D eigenvalue weighted by Gasteiger charge is -2.55. The fraction of sp³-hybridized carbons (Fsp3) is 0.350. The SMILES string of the molecule is COc1ccc(N2C3CCC(CC3)N2c2ccc(C#Cc3ccc(N4C5CCC(CC5)N4c4ccc(OC)cc4)cc3)cc2)cc1. The van der Waals surface area contributed by atoms with Crippen molar-refractivity contribution in [1.82, 2.24) is 0 Å². The Bertz CT molecular complexity index is 1570. The number of ether oxygens (including phenoxy) is 2. The summed E-state index contributed by atoms with van der Waals surface area (Å²) >= 11 is 0. The van der Waals surface area contributed by atoms with Gasteiger partial charge in [-0.2, -0.15) is 0 Å². The molecule has 0 atom stereocenters. The number of nitrogens with zero attached hydrogens (tertiary/aromatic N) is 4. The molecule has 4 aromatic carbocycles. The van der Waals surface area contributed by atoms with Crippen molar-refractivity contribution in [3.05, 3.63) is 108 Å². The second-order valence-electron chi connectivity index (χ2n) is 13.0. The lowest BCUT2D eigenvalue weighted by Crippen LogP contribution is -2.62. The minimum absolute atomic E-state index is 0.526. The van der Waals surface area contributed by atoms with Crippen molar-refractivity contribution in [2.75, 3.05) is 34.3 Å². The van der Waals surface area contributed by atoms with Gasteiger partial charge in [0.2, 0.25) is 0 Å². The van der Waals surface area contributed by atoms with Crippen molar-refractivity contribution >= 4 is 22.7 Å². The molecule has 4 aliphatic heterocycles. The Morgan fingerprint density at radius 1 is 0.391 bits per heavy atom. The monoisotopic (exact) mass is 610 g/mol. The van der Waals surface area contributed by atoms with Crippen LogP contribution < -0.4 is 29.5 Å². The molecule has 0 N–H and O–H groups in total. The van der Waals surface area contributed by atoms with Crippen LogP contribution in [0.1, 0.15) is 62.5 Å². The molecule has 4 saturated heterocycles. The molecule has 6 aliphatic rings. The molecule has 0 aromatic heterocycles. The van der Waals surface area contributed by atoms with Crippen LogP contribution in [-0.4, -0.2) is 38.4 Å². The molecular weight excluding hydrogens is 568 g/mol. The molecule has 0 spiro atoms. The van der Waals surface area contributed by atoms with Crippen LogP contribution in [0.15, 0.2) is 97.1 Å². The zero-order valence-electron chi connectivity index (χ0n) is 26.8. The summed E-state index contributed by atoms with van der Waals surface area (Å²) < 4.78 is 10.8. The summed E-state index contributed by atoms with van der Waals surface area (Å²) in [6, 6.07) is 36.7. The maximum atomic E-state index is 5.42. The average Bonchev–Trinajstić information content (AvgIpc) is 3.15. The van der Waals surface area contributed by atoms with E-state index in [4.69, 9.17) is 9.47 Å². The first kappa shape index (κ1) is 28.7. The quantitative estimate of drug-likeness (QED) is 0.205. The molecule has 4 heterocycles. The van der Waals surface area contributed by atoms with Gasteiger partial charge >= 0.3 is 0 Å². The van der Waals surface area contributed by atoms with E-state index in [1.54, 1.807) is 14.2 Å². The Morgan fingerprint density at radius 2 is 0.630 bits per heavy atom. The Labute approximate surface area is 273 Å². The zero-order chi connectivity index (χ0) is 31.0. The highest BCUT2D eigenvalue weighted by Gasteiger charge is 2.41. The van der Waals surface area contributed by atoms with E-state index in [2.05, 4.69) is 129 Å². The normalized spacial score (nSPS) is 23.3. The summed E-state index contributed by atoms with van der Waals surface area (Å²) in [5, 5.41) is 10.1. The summed E-state index contributed by atoms with van der Waals surface area (Å²) in [6.07, 6.45) is 9.94. The standard InChI is InChI=1S/C40H42N4O2/c1-45-39-25-21-37(22-26-39)43-35-17-13-33(14-18-35)41(43)31-9-5-29(6-10-31)3-4-30-7-11-32(12-8-30)42-34-15-19-36(20-16-34)44(42)38-23-27-40(46-2)28-24-38/h5-12,21-28,33-36H,13-20H2,1-2H3. The van der Waals surface area contributed by atoms with Gasteiger partial charge in [0.1, 0.15) is 11.5 Å². The second-order valence-corrected chi connectivity index (χ2v) is 13.0. The number of methoxy groups -OCH3 is 2. The number of anilines is 4. The van der Waals surface area contributed by atoms with Crippen LogP contribution in [0.5, 0.6) is 11.5 Å². The van der Waals surface area contributed by atoms with Crippen LogP contribution >= 0.6 is 0 Å². The molecule has 46 heavy (non-hydrogen) atoms. The van der Waals surface area contributed by atoms with Gasteiger partial charge in [-0.15, -0.1) is 0 Å². The molecule has 0 unspecified atom stereocenters. The van der Waals surface area contributed by atoms with Crippen molar-refractivity contribution in [2.45, 2.75) is 75.5 Å². The molecular formula is C40H42N4O2. The molecule has 2 aliphatic carbocycles. The molecule has 6 nitrogen and oxygen atoms in total. The molecule has 0 radical (unpaired) electrons. The van der Waals surface area contributed by atoms with E-state index in [-0.39, 0.29) is 0 Å². The largest absolute Gasteiger partial charge is 0.497 e. The van der Waals surface area contributed by atoms with E-state index in [1.807, 2.05) is 0 Å².